The SMILES string of the molecule is COc1ccc(-c2nc3ccc(C(=O)O)cc3nc2-c2ccc(OC)c(OC)c2)cc1OC. The lowest BCUT2D eigenvalue weighted by Crippen LogP contribution is -2.00. The Labute approximate surface area is 190 Å². The van der Waals surface area contributed by atoms with Gasteiger partial charge in [0.1, 0.15) is 0 Å². The van der Waals surface area contributed by atoms with Gasteiger partial charge in [0.25, 0.3) is 0 Å². The summed E-state index contributed by atoms with van der Waals surface area (Å²) >= 11 is 0. The quantitative estimate of drug-likeness (QED) is 0.436. The number of methoxy groups -OCH3 is 4. The van der Waals surface area contributed by atoms with Crippen molar-refractivity contribution in [2.45, 2.75) is 0 Å². The highest BCUT2D eigenvalue weighted by Gasteiger charge is 2.18. The Bertz CT molecular complexity index is 1350. The number of fused-ring (bicyclic) bond motifs is 1. The van der Waals surface area contributed by atoms with Crippen LogP contribution in [0.4, 0.5) is 0 Å². The average molecular weight is 446 g/mol. The van der Waals surface area contributed by atoms with Crippen LogP contribution in [0.2, 0.25) is 0 Å². The molecule has 0 aliphatic heterocycles. The monoisotopic (exact) mass is 446 g/mol. The van der Waals surface area contributed by atoms with Gasteiger partial charge in [-0.1, -0.05) is 0 Å². The van der Waals surface area contributed by atoms with Crippen molar-refractivity contribution >= 4 is 17.0 Å². The van der Waals surface area contributed by atoms with Crippen LogP contribution < -0.4 is 18.9 Å². The third-order valence-corrected chi connectivity index (χ3v) is 5.23. The molecule has 0 amide bonds. The highest BCUT2D eigenvalue weighted by molar-refractivity contribution is 5.94. The van der Waals surface area contributed by atoms with Crippen LogP contribution in [-0.2, 0) is 0 Å². The van der Waals surface area contributed by atoms with Crippen LogP contribution in [0.5, 0.6) is 23.0 Å². The van der Waals surface area contributed by atoms with Crippen LogP contribution in [0.25, 0.3) is 33.5 Å². The molecule has 4 aromatic rings. The highest BCUT2D eigenvalue weighted by atomic mass is 16.5. The molecule has 8 heteroatoms. The van der Waals surface area contributed by atoms with E-state index in [0.717, 1.165) is 11.1 Å². The smallest absolute Gasteiger partial charge is 0.335 e. The largest absolute Gasteiger partial charge is 0.493 e. The molecule has 0 fully saturated rings. The molecule has 3 aromatic carbocycles. The van der Waals surface area contributed by atoms with Crippen molar-refractivity contribution in [1.82, 2.24) is 9.97 Å². The fraction of sp³-hybridized carbons (Fsp3) is 0.160. The minimum atomic E-state index is -1.03. The van der Waals surface area contributed by atoms with E-state index < -0.39 is 5.97 Å². The van der Waals surface area contributed by atoms with Gasteiger partial charge in [-0.25, -0.2) is 14.8 Å². The molecule has 4 rings (SSSR count). The number of hydrogen-bond donors (Lipinski definition) is 1. The molecule has 168 valence electrons. The molecule has 33 heavy (non-hydrogen) atoms. The molecule has 0 saturated heterocycles. The van der Waals surface area contributed by atoms with Gasteiger partial charge in [0.15, 0.2) is 23.0 Å². The van der Waals surface area contributed by atoms with Gasteiger partial charge in [-0.2, -0.15) is 0 Å². The van der Waals surface area contributed by atoms with Crippen molar-refractivity contribution in [3.8, 4) is 45.5 Å². The van der Waals surface area contributed by atoms with E-state index in [1.165, 1.54) is 12.1 Å². The first-order chi connectivity index (χ1) is 16.0. The van der Waals surface area contributed by atoms with Gasteiger partial charge in [0.2, 0.25) is 0 Å². The number of ether oxygens (including phenoxy) is 4. The van der Waals surface area contributed by atoms with Crippen LogP contribution in [0.1, 0.15) is 10.4 Å². The Morgan fingerprint density at radius 2 is 1.12 bits per heavy atom. The number of carboxylic acids is 1. The molecular weight excluding hydrogens is 424 g/mol. The standard InChI is InChI=1S/C25H22N2O6/c1-30-19-9-6-14(12-21(19)32-3)23-24(15-7-10-20(31-2)22(13-15)33-4)27-18-11-16(25(28)29)5-8-17(18)26-23/h5-13H,1-4H3,(H,28,29). The predicted octanol–water partition coefficient (Wildman–Crippen LogP) is 4.70. The number of nitrogens with zero attached hydrogens (tertiary/aromatic N) is 2. The molecule has 0 radical (unpaired) electrons. The fourth-order valence-electron chi connectivity index (χ4n) is 3.56. The number of rotatable bonds is 7. The van der Waals surface area contributed by atoms with E-state index in [9.17, 15) is 9.90 Å². The van der Waals surface area contributed by atoms with Crippen molar-refractivity contribution < 1.29 is 28.8 Å². The van der Waals surface area contributed by atoms with Crippen molar-refractivity contribution in [2.75, 3.05) is 28.4 Å². The van der Waals surface area contributed by atoms with Crippen molar-refractivity contribution in [3.05, 3.63) is 60.2 Å². The molecule has 0 saturated carbocycles. The molecule has 0 unspecified atom stereocenters. The Morgan fingerprint density at radius 3 is 1.58 bits per heavy atom. The predicted molar refractivity (Wildman–Crippen MR) is 124 cm³/mol. The Kier molecular flexibility index (Phi) is 5.99. The van der Waals surface area contributed by atoms with Gasteiger partial charge < -0.3 is 24.1 Å². The number of hydrogen-bond acceptors (Lipinski definition) is 7. The summed E-state index contributed by atoms with van der Waals surface area (Å²) in [6, 6.07) is 15.6. The van der Waals surface area contributed by atoms with Gasteiger partial charge in [-0.3, -0.25) is 0 Å². The van der Waals surface area contributed by atoms with E-state index in [1.807, 2.05) is 18.2 Å². The minimum absolute atomic E-state index is 0.133. The summed E-state index contributed by atoms with van der Waals surface area (Å²) in [6.45, 7) is 0. The first-order valence-corrected chi connectivity index (χ1v) is 9.99. The Hall–Kier alpha value is -4.33. The maximum Gasteiger partial charge on any atom is 0.335 e. The molecule has 1 N–H and O–H groups in total. The summed E-state index contributed by atoms with van der Waals surface area (Å²) in [5, 5.41) is 9.39. The molecule has 0 atom stereocenters. The summed E-state index contributed by atoms with van der Waals surface area (Å²) in [6.07, 6.45) is 0. The summed E-state index contributed by atoms with van der Waals surface area (Å²) in [7, 11) is 6.26. The van der Waals surface area contributed by atoms with Gasteiger partial charge >= 0.3 is 5.97 Å². The third-order valence-electron chi connectivity index (χ3n) is 5.23. The van der Waals surface area contributed by atoms with E-state index >= 15 is 0 Å². The van der Waals surface area contributed by atoms with Crippen molar-refractivity contribution in [1.29, 1.82) is 0 Å². The van der Waals surface area contributed by atoms with E-state index in [2.05, 4.69) is 0 Å². The summed E-state index contributed by atoms with van der Waals surface area (Å²) in [5.74, 6) is 1.23. The number of aromatic nitrogens is 2. The zero-order valence-electron chi connectivity index (χ0n) is 18.6. The van der Waals surface area contributed by atoms with E-state index in [-0.39, 0.29) is 5.56 Å². The van der Waals surface area contributed by atoms with Gasteiger partial charge in [0.05, 0.1) is 56.4 Å². The average Bonchev–Trinajstić information content (AvgIpc) is 2.86. The van der Waals surface area contributed by atoms with Crippen molar-refractivity contribution in [3.63, 3.8) is 0 Å². The molecule has 0 aliphatic rings. The Morgan fingerprint density at radius 1 is 0.636 bits per heavy atom. The van der Waals surface area contributed by atoms with Crippen LogP contribution in [0.15, 0.2) is 54.6 Å². The zero-order valence-corrected chi connectivity index (χ0v) is 18.6. The molecule has 1 heterocycles. The van der Waals surface area contributed by atoms with Gasteiger partial charge in [-0.05, 0) is 54.6 Å². The maximum absolute atomic E-state index is 11.5. The minimum Gasteiger partial charge on any atom is -0.493 e. The third kappa shape index (κ3) is 4.10. The molecule has 0 bridgehead atoms. The molecule has 0 spiro atoms. The fourth-order valence-corrected chi connectivity index (χ4v) is 3.56. The number of aromatic carboxylic acids is 1. The lowest BCUT2D eigenvalue weighted by atomic mass is 10.0. The van der Waals surface area contributed by atoms with Crippen LogP contribution in [0, 0.1) is 0 Å². The van der Waals surface area contributed by atoms with Gasteiger partial charge in [0, 0.05) is 11.1 Å². The molecule has 1 aromatic heterocycles. The van der Waals surface area contributed by atoms with Crippen LogP contribution in [-0.4, -0.2) is 49.5 Å². The lowest BCUT2D eigenvalue weighted by molar-refractivity contribution is 0.0697. The van der Waals surface area contributed by atoms with E-state index in [0.29, 0.717) is 45.4 Å². The molecule has 8 nitrogen and oxygen atoms in total. The topological polar surface area (TPSA) is 100 Å². The lowest BCUT2D eigenvalue weighted by Gasteiger charge is -2.15. The van der Waals surface area contributed by atoms with Crippen LogP contribution in [0.3, 0.4) is 0 Å². The highest BCUT2D eigenvalue weighted by Crippen LogP contribution is 2.38. The molecule has 0 aliphatic carbocycles. The number of carboxylic acid groups (broad SMARTS) is 1. The van der Waals surface area contributed by atoms with E-state index in [4.69, 9.17) is 28.9 Å². The van der Waals surface area contributed by atoms with Crippen molar-refractivity contribution in [2.24, 2.45) is 0 Å². The second-order valence-corrected chi connectivity index (χ2v) is 7.07. The number of benzene rings is 3. The van der Waals surface area contributed by atoms with Gasteiger partial charge in [-0.15, -0.1) is 0 Å². The summed E-state index contributed by atoms with van der Waals surface area (Å²) in [5.41, 5.74) is 3.80. The second kappa shape index (κ2) is 9.04. The second-order valence-electron chi connectivity index (χ2n) is 7.07. The summed E-state index contributed by atoms with van der Waals surface area (Å²) < 4.78 is 21.6. The van der Waals surface area contributed by atoms with Crippen LogP contribution >= 0.6 is 0 Å². The van der Waals surface area contributed by atoms with E-state index in [1.54, 1.807) is 52.7 Å². The normalized spacial score (nSPS) is 10.7. The first-order valence-electron chi connectivity index (χ1n) is 9.99. The number of carbonyl (C=O) groups is 1. The molecular formula is C25H22N2O6. The summed E-state index contributed by atoms with van der Waals surface area (Å²) in [4.78, 5) is 21.1. The zero-order chi connectivity index (χ0) is 23.5. The Balaban J connectivity index is 2.00. The first kappa shape index (κ1) is 21.9. The maximum atomic E-state index is 11.5.